The third-order valence-electron chi connectivity index (χ3n) is 4.64. The Morgan fingerprint density at radius 2 is 1.71 bits per heavy atom. The lowest BCUT2D eigenvalue weighted by Crippen LogP contribution is -2.31. The van der Waals surface area contributed by atoms with E-state index in [1.54, 1.807) is 7.11 Å². The highest BCUT2D eigenvalue weighted by Crippen LogP contribution is 2.23. The summed E-state index contributed by atoms with van der Waals surface area (Å²) < 4.78 is 5.17. The summed E-state index contributed by atoms with van der Waals surface area (Å²) in [5.74, 6) is 1.42. The molecule has 1 aromatic heterocycles. The van der Waals surface area contributed by atoms with Gasteiger partial charge in [-0.05, 0) is 35.4 Å². The van der Waals surface area contributed by atoms with Gasteiger partial charge >= 0.3 is 0 Å². The minimum absolute atomic E-state index is 0.0699. The molecule has 4 rings (SSSR count). The Morgan fingerprint density at radius 1 is 1.00 bits per heavy atom. The first kappa shape index (κ1) is 17.8. The van der Waals surface area contributed by atoms with E-state index in [0.717, 1.165) is 33.7 Å². The van der Waals surface area contributed by atoms with Gasteiger partial charge in [0.25, 0.3) is 0 Å². The average molecular weight is 371 g/mol. The summed E-state index contributed by atoms with van der Waals surface area (Å²) in [6, 6.07) is 24.9. The van der Waals surface area contributed by atoms with Gasteiger partial charge in [-0.3, -0.25) is 4.79 Å². The maximum Gasteiger partial charge on any atom is 0.225 e. The van der Waals surface area contributed by atoms with Crippen LogP contribution in [0.2, 0.25) is 0 Å². The molecule has 0 unspecified atom stereocenters. The van der Waals surface area contributed by atoms with Crippen molar-refractivity contribution in [1.82, 2.24) is 15.3 Å². The van der Waals surface area contributed by atoms with Crippen LogP contribution in [0.1, 0.15) is 23.0 Å². The van der Waals surface area contributed by atoms with Crippen LogP contribution in [0.15, 0.2) is 78.9 Å². The molecular weight excluding hydrogens is 350 g/mol. The Labute approximate surface area is 163 Å². The molecule has 0 saturated carbocycles. The van der Waals surface area contributed by atoms with Crippen molar-refractivity contribution in [2.75, 3.05) is 7.11 Å². The number of amides is 1. The van der Waals surface area contributed by atoms with Gasteiger partial charge in [0.15, 0.2) is 0 Å². The summed E-state index contributed by atoms with van der Waals surface area (Å²) in [4.78, 5) is 20.8. The molecule has 5 heteroatoms. The fourth-order valence-corrected chi connectivity index (χ4v) is 3.21. The number of benzene rings is 3. The second kappa shape index (κ2) is 7.96. The number of nitrogens with one attached hydrogen (secondary N) is 2. The van der Waals surface area contributed by atoms with Crippen molar-refractivity contribution in [3.8, 4) is 5.75 Å². The maximum atomic E-state index is 12.8. The van der Waals surface area contributed by atoms with Crippen molar-refractivity contribution < 1.29 is 9.53 Å². The molecule has 0 bridgehead atoms. The number of H-pyrrole nitrogens is 1. The monoisotopic (exact) mass is 371 g/mol. The Morgan fingerprint density at radius 3 is 2.43 bits per heavy atom. The summed E-state index contributed by atoms with van der Waals surface area (Å²) in [7, 11) is 1.62. The van der Waals surface area contributed by atoms with Crippen LogP contribution in [-0.2, 0) is 11.2 Å². The Bertz CT molecular complexity index is 1040. The van der Waals surface area contributed by atoms with E-state index in [4.69, 9.17) is 4.74 Å². The number of rotatable bonds is 6. The third-order valence-corrected chi connectivity index (χ3v) is 4.64. The first-order valence-electron chi connectivity index (χ1n) is 9.15. The number of ether oxygens (including phenoxy) is 1. The molecule has 5 nitrogen and oxygen atoms in total. The predicted octanol–water partition coefficient (Wildman–Crippen LogP) is 4.02. The smallest absolute Gasteiger partial charge is 0.225 e. The van der Waals surface area contributed by atoms with Crippen LogP contribution < -0.4 is 10.1 Å². The second-order valence-corrected chi connectivity index (χ2v) is 6.58. The zero-order chi connectivity index (χ0) is 19.3. The van der Waals surface area contributed by atoms with Crippen molar-refractivity contribution >= 4 is 16.9 Å². The molecule has 0 radical (unpaired) electrons. The van der Waals surface area contributed by atoms with E-state index in [0.29, 0.717) is 0 Å². The number of carbonyl (C=O) groups excluding carboxylic acids is 1. The van der Waals surface area contributed by atoms with Crippen molar-refractivity contribution in [2.24, 2.45) is 0 Å². The predicted molar refractivity (Wildman–Crippen MR) is 109 cm³/mol. The van der Waals surface area contributed by atoms with Gasteiger partial charge in [-0.25, -0.2) is 4.98 Å². The van der Waals surface area contributed by atoms with E-state index < -0.39 is 0 Å². The summed E-state index contributed by atoms with van der Waals surface area (Å²) in [5.41, 5.74) is 3.73. The number of fused-ring (bicyclic) bond motifs is 1. The minimum Gasteiger partial charge on any atom is -0.497 e. The summed E-state index contributed by atoms with van der Waals surface area (Å²) in [6.45, 7) is 0. The van der Waals surface area contributed by atoms with Crippen LogP contribution in [0.25, 0.3) is 11.0 Å². The fraction of sp³-hybridized carbons (Fsp3) is 0.130. The normalized spacial score (nSPS) is 11.9. The zero-order valence-corrected chi connectivity index (χ0v) is 15.6. The highest BCUT2D eigenvalue weighted by atomic mass is 16.5. The molecule has 1 heterocycles. The largest absolute Gasteiger partial charge is 0.497 e. The lowest BCUT2D eigenvalue weighted by atomic mass is 10.1. The molecule has 140 valence electrons. The van der Waals surface area contributed by atoms with E-state index in [9.17, 15) is 4.79 Å². The van der Waals surface area contributed by atoms with E-state index in [1.165, 1.54) is 0 Å². The van der Waals surface area contributed by atoms with E-state index in [-0.39, 0.29) is 18.4 Å². The van der Waals surface area contributed by atoms with Crippen LogP contribution >= 0.6 is 0 Å². The zero-order valence-electron chi connectivity index (χ0n) is 15.6. The number of aromatic nitrogens is 2. The number of aromatic amines is 1. The van der Waals surface area contributed by atoms with Crippen LogP contribution in [0, 0.1) is 0 Å². The molecule has 2 N–H and O–H groups in total. The van der Waals surface area contributed by atoms with Gasteiger partial charge in [-0.2, -0.15) is 0 Å². The van der Waals surface area contributed by atoms with Crippen molar-refractivity contribution in [3.05, 3.63) is 95.8 Å². The summed E-state index contributed by atoms with van der Waals surface area (Å²) in [5, 5.41) is 3.12. The van der Waals surface area contributed by atoms with Gasteiger partial charge in [0.2, 0.25) is 5.91 Å². The van der Waals surface area contributed by atoms with E-state index in [1.807, 2.05) is 78.9 Å². The lowest BCUT2D eigenvalue weighted by molar-refractivity contribution is -0.121. The van der Waals surface area contributed by atoms with Crippen molar-refractivity contribution in [3.63, 3.8) is 0 Å². The molecule has 0 saturated heterocycles. The topological polar surface area (TPSA) is 67.0 Å². The molecule has 0 fully saturated rings. The molecule has 0 spiro atoms. The molecule has 0 aliphatic heterocycles. The fourth-order valence-electron chi connectivity index (χ4n) is 3.21. The van der Waals surface area contributed by atoms with Crippen molar-refractivity contribution in [1.29, 1.82) is 0 Å². The highest BCUT2D eigenvalue weighted by molar-refractivity contribution is 5.80. The Balaban J connectivity index is 1.59. The molecule has 0 aliphatic rings. The quantitative estimate of drug-likeness (QED) is 0.538. The number of imidazole rings is 1. The first-order chi connectivity index (χ1) is 13.7. The molecular formula is C23H21N3O2. The van der Waals surface area contributed by atoms with Gasteiger partial charge in [0.1, 0.15) is 17.6 Å². The molecule has 0 aliphatic carbocycles. The van der Waals surface area contributed by atoms with Gasteiger partial charge in [0, 0.05) is 0 Å². The Hall–Kier alpha value is -3.60. The minimum atomic E-state index is -0.348. The van der Waals surface area contributed by atoms with Crippen LogP contribution in [0.4, 0.5) is 0 Å². The van der Waals surface area contributed by atoms with Gasteiger partial charge in [0.05, 0.1) is 24.6 Å². The van der Waals surface area contributed by atoms with Crippen LogP contribution in [-0.4, -0.2) is 23.0 Å². The number of carbonyl (C=O) groups is 1. The Kier molecular flexibility index (Phi) is 5.06. The second-order valence-electron chi connectivity index (χ2n) is 6.58. The summed E-state index contributed by atoms with van der Waals surface area (Å²) in [6.07, 6.45) is 0.285. The molecule has 28 heavy (non-hydrogen) atoms. The number of nitrogens with zero attached hydrogens (tertiary/aromatic N) is 1. The van der Waals surface area contributed by atoms with Crippen LogP contribution in [0.5, 0.6) is 5.75 Å². The third kappa shape index (κ3) is 3.88. The standard InChI is InChI=1S/C23H21N3O2/c1-28-18-13-11-16(12-14-18)15-21(27)26-22(17-7-3-2-4-8-17)23-24-19-9-5-6-10-20(19)25-23/h2-14,22H,15H2,1H3,(H,24,25)(H,26,27)/t22-/m1/s1. The van der Waals surface area contributed by atoms with Gasteiger partial charge in [-0.15, -0.1) is 0 Å². The first-order valence-corrected chi connectivity index (χ1v) is 9.15. The SMILES string of the molecule is COc1ccc(CC(=O)N[C@H](c2ccccc2)c2nc3ccccc3[nH]2)cc1. The van der Waals surface area contributed by atoms with Crippen LogP contribution in [0.3, 0.4) is 0 Å². The van der Waals surface area contributed by atoms with Crippen molar-refractivity contribution in [2.45, 2.75) is 12.5 Å². The number of hydrogen-bond donors (Lipinski definition) is 2. The molecule has 4 aromatic rings. The average Bonchev–Trinajstić information content (AvgIpc) is 3.17. The highest BCUT2D eigenvalue weighted by Gasteiger charge is 2.20. The van der Waals surface area contributed by atoms with Gasteiger partial charge < -0.3 is 15.0 Å². The number of para-hydroxylation sites is 2. The summed E-state index contributed by atoms with van der Waals surface area (Å²) >= 11 is 0. The number of methoxy groups -OCH3 is 1. The molecule has 3 aromatic carbocycles. The lowest BCUT2D eigenvalue weighted by Gasteiger charge is -2.17. The molecule has 1 atom stereocenters. The van der Waals surface area contributed by atoms with E-state index in [2.05, 4.69) is 15.3 Å². The maximum absolute atomic E-state index is 12.8. The number of hydrogen-bond acceptors (Lipinski definition) is 3. The molecule has 1 amide bonds. The van der Waals surface area contributed by atoms with Gasteiger partial charge in [-0.1, -0.05) is 54.6 Å². The van der Waals surface area contributed by atoms with E-state index >= 15 is 0 Å².